The summed E-state index contributed by atoms with van der Waals surface area (Å²) in [6, 6.07) is 15.8. The van der Waals surface area contributed by atoms with Gasteiger partial charge in [0.25, 0.3) is 11.5 Å². The summed E-state index contributed by atoms with van der Waals surface area (Å²) in [7, 11) is 0. The van der Waals surface area contributed by atoms with Gasteiger partial charge < -0.3 is 4.90 Å². The van der Waals surface area contributed by atoms with Crippen LogP contribution in [0.2, 0.25) is 0 Å². The number of anilines is 1. The van der Waals surface area contributed by atoms with E-state index in [4.69, 9.17) is 0 Å². The molecule has 0 saturated heterocycles. The lowest BCUT2D eigenvalue weighted by Crippen LogP contribution is -2.39. The summed E-state index contributed by atoms with van der Waals surface area (Å²) in [5.41, 5.74) is 2.84. The maximum atomic E-state index is 13.1. The van der Waals surface area contributed by atoms with E-state index in [1.54, 1.807) is 30.0 Å². The van der Waals surface area contributed by atoms with Gasteiger partial charge in [0.2, 0.25) is 0 Å². The van der Waals surface area contributed by atoms with Crippen LogP contribution in [0.4, 0.5) is 10.1 Å². The molecule has 0 aliphatic carbocycles. The van der Waals surface area contributed by atoms with Gasteiger partial charge in [-0.05, 0) is 55.3 Å². The number of amides is 1. The van der Waals surface area contributed by atoms with Crippen LogP contribution in [0.25, 0.3) is 11.3 Å². The highest BCUT2D eigenvalue weighted by Crippen LogP contribution is 2.29. The normalized spacial score (nSPS) is 14.1. The van der Waals surface area contributed by atoms with Crippen molar-refractivity contribution < 1.29 is 9.18 Å². The third-order valence-corrected chi connectivity index (χ3v) is 4.84. The number of nitrogens with zero attached hydrogens (tertiary/aromatic N) is 3. The van der Waals surface area contributed by atoms with Gasteiger partial charge in [-0.15, -0.1) is 0 Å². The molecule has 3 aromatic rings. The average Bonchev–Trinajstić information content (AvgIpc) is 3.12. The Hall–Kier alpha value is -3.28. The van der Waals surface area contributed by atoms with Crippen molar-refractivity contribution >= 4 is 11.6 Å². The average molecular weight is 363 g/mol. The van der Waals surface area contributed by atoms with Crippen LogP contribution < -0.4 is 10.5 Å². The first-order chi connectivity index (χ1) is 13.0. The summed E-state index contributed by atoms with van der Waals surface area (Å²) >= 11 is 0. The molecule has 0 N–H and O–H groups in total. The highest BCUT2D eigenvalue weighted by molar-refractivity contribution is 5.97. The van der Waals surface area contributed by atoms with Crippen molar-refractivity contribution in [3.05, 3.63) is 82.4 Å². The van der Waals surface area contributed by atoms with E-state index in [0.717, 1.165) is 17.7 Å². The second-order valence-electron chi connectivity index (χ2n) is 6.55. The predicted octanol–water partition coefficient (Wildman–Crippen LogP) is 3.20. The first-order valence-corrected chi connectivity index (χ1v) is 8.80. The molecule has 0 radical (unpaired) electrons. The SMILES string of the molecule is CC(C(=O)N1CCc2ccccc21)n1nc(-c2ccc(F)cc2)ccc1=O. The molecule has 4 rings (SSSR count). The van der Waals surface area contributed by atoms with Crippen molar-refractivity contribution in [2.24, 2.45) is 0 Å². The van der Waals surface area contributed by atoms with E-state index in [0.29, 0.717) is 17.8 Å². The van der Waals surface area contributed by atoms with E-state index in [1.165, 1.54) is 22.9 Å². The Balaban J connectivity index is 1.67. The van der Waals surface area contributed by atoms with E-state index in [9.17, 15) is 14.0 Å². The predicted molar refractivity (Wildman–Crippen MR) is 101 cm³/mol. The van der Waals surface area contributed by atoms with Gasteiger partial charge in [-0.25, -0.2) is 9.07 Å². The summed E-state index contributed by atoms with van der Waals surface area (Å²) in [6.45, 7) is 2.26. The molecule has 5 nitrogen and oxygen atoms in total. The van der Waals surface area contributed by atoms with Gasteiger partial charge in [0.1, 0.15) is 11.9 Å². The Kier molecular flexibility index (Phi) is 4.32. The van der Waals surface area contributed by atoms with Crippen LogP contribution in [-0.2, 0) is 11.2 Å². The Morgan fingerprint density at radius 2 is 1.81 bits per heavy atom. The summed E-state index contributed by atoms with van der Waals surface area (Å²) in [5, 5.41) is 4.35. The second kappa shape index (κ2) is 6.79. The standard InChI is InChI=1S/C21H18FN3O2/c1-14(21(27)24-13-12-16-4-2-3-5-19(16)24)25-20(26)11-10-18(23-25)15-6-8-17(22)9-7-15/h2-11,14H,12-13H2,1H3. The van der Waals surface area contributed by atoms with Crippen molar-refractivity contribution in [3.8, 4) is 11.3 Å². The second-order valence-corrected chi connectivity index (χ2v) is 6.55. The molecule has 6 heteroatoms. The lowest BCUT2D eigenvalue weighted by atomic mass is 10.1. The molecule has 1 aliphatic heterocycles. The maximum Gasteiger partial charge on any atom is 0.267 e. The van der Waals surface area contributed by atoms with Crippen LogP contribution in [0.5, 0.6) is 0 Å². The fourth-order valence-electron chi connectivity index (χ4n) is 3.37. The fourth-order valence-corrected chi connectivity index (χ4v) is 3.37. The van der Waals surface area contributed by atoms with Crippen molar-refractivity contribution in [1.82, 2.24) is 9.78 Å². The molecule has 0 spiro atoms. The number of hydrogen-bond donors (Lipinski definition) is 0. The molecule has 1 aromatic heterocycles. The highest BCUT2D eigenvalue weighted by Gasteiger charge is 2.29. The zero-order valence-electron chi connectivity index (χ0n) is 14.8. The Labute approximate surface area is 155 Å². The van der Waals surface area contributed by atoms with E-state index in [1.807, 2.05) is 24.3 Å². The van der Waals surface area contributed by atoms with E-state index >= 15 is 0 Å². The molecule has 2 heterocycles. The molecular weight excluding hydrogens is 345 g/mol. The zero-order chi connectivity index (χ0) is 19.0. The molecule has 1 atom stereocenters. The first kappa shape index (κ1) is 17.1. The van der Waals surface area contributed by atoms with Crippen molar-refractivity contribution in [1.29, 1.82) is 0 Å². The van der Waals surface area contributed by atoms with Crippen LogP contribution in [0.3, 0.4) is 0 Å². The highest BCUT2D eigenvalue weighted by atomic mass is 19.1. The molecule has 0 fully saturated rings. The van der Waals surface area contributed by atoms with Crippen LogP contribution >= 0.6 is 0 Å². The molecule has 0 bridgehead atoms. The largest absolute Gasteiger partial charge is 0.310 e. The fraction of sp³-hybridized carbons (Fsp3) is 0.190. The number of para-hydroxylation sites is 1. The summed E-state index contributed by atoms with van der Waals surface area (Å²) in [5.74, 6) is -0.519. The molecule has 136 valence electrons. The number of benzene rings is 2. The first-order valence-electron chi connectivity index (χ1n) is 8.80. The lowest BCUT2D eigenvalue weighted by Gasteiger charge is -2.22. The van der Waals surface area contributed by atoms with Gasteiger partial charge in [0.05, 0.1) is 5.69 Å². The summed E-state index contributed by atoms with van der Waals surface area (Å²) in [6.07, 6.45) is 0.798. The monoisotopic (exact) mass is 363 g/mol. The molecule has 1 amide bonds. The van der Waals surface area contributed by atoms with Crippen LogP contribution in [0, 0.1) is 5.82 Å². The van der Waals surface area contributed by atoms with Crippen molar-refractivity contribution in [3.63, 3.8) is 0 Å². The number of hydrogen-bond acceptors (Lipinski definition) is 3. The van der Waals surface area contributed by atoms with Crippen LogP contribution in [-0.4, -0.2) is 22.2 Å². The third-order valence-electron chi connectivity index (χ3n) is 4.84. The number of fused-ring (bicyclic) bond motifs is 1. The molecule has 2 aromatic carbocycles. The number of halogens is 1. The van der Waals surface area contributed by atoms with E-state index in [-0.39, 0.29) is 17.3 Å². The van der Waals surface area contributed by atoms with Gasteiger partial charge >= 0.3 is 0 Å². The molecular formula is C21H18FN3O2. The number of aromatic nitrogens is 2. The van der Waals surface area contributed by atoms with E-state index in [2.05, 4.69) is 5.10 Å². The summed E-state index contributed by atoms with van der Waals surface area (Å²) in [4.78, 5) is 27.1. The van der Waals surface area contributed by atoms with Crippen molar-refractivity contribution in [2.75, 3.05) is 11.4 Å². The van der Waals surface area contributed by atoms with Crippen LogP contribution in [0.1, 0.15) is 18.5 Å². The Bertz CT molecular complexity index is 1060. The number of carbonyl (C=O) groups excluding carboxylic acids is 1. The molecule has 0 saturated carbocycles. The Morgan fingerprint density at radius 3 is 2.59 bits per heavy atom. The smallest absolute Gasteiger partial charge is 0.267 e. The quantitative estimate of drug-likeness (QED) is 0.718. The molecule has 1 aliphatic rings. The van der Waals surface area contributed by atoms with Gasteiger partial charge in [0.15, 0.2) is 0 Å². The van der Waals surface area contributed by atoms with Gasteiger partial charge in [-0.1, -0.05) is 18.2 Å². The minimum absolute atomic E-state index is 0.175. The molecule has 27 heavy (non-hydrogen) atoms. The maximum absolute atomic E-state index is 13.1. The van der Waals surface area contributed by atoms with Gasteiger partial charge in [0, 0.05) is 23.9 Å². The summed E-state index contributed by atoms with van der Waals surface area (Å²) < 4.78 is 14.3. The molecule has 1 unspecified atom stereocenters. The van der Waals surface area contributed by atoms with Crippen molar-refractivity contribution in [2.45, 2.75) is 19.4 Å². The zero-order valence-corrected chi connectivity index (χ0v) is 14.8. The van der Waals surface area contributed by atoms with Crippen LogP contribution in [0.15, 0.2) is 65.5 Å². The Morgan fingerprint density at radius 1 is 1.07 bits per heavy atom. The number of carbonyl (C=O) groups is 1. The minimum Gasteiger partial charge on any atom is -0.310 e. The number of rotatable bonds is 3. The lowest BCUT2D eigenvalue weighted by molar-refractivity contribution is -0.121. The minimum atomic E-state index is -0.746. The third kappa shape index (κ3) is 3.14. The van der Waals surface area contributed by atoms with Gasteiger partial charge in [-0.3, -0.25) is 9.59 Å². The van der Waals surface area contributed by atoms with E-state index < -0.39 is 6.04 Å². The topological polar surface area (TPSA) is 55.2 Å². The van der Waals surface area contributed by atoms with Gasteiger partial charge in [-0.2, -0.15) is 5.10 Å².